The Kier molecular flexibility index (Phi) is 43.1. The van der Waals surface area contributed by atoms with Gasteiger partial charge < -0.3 is 52.1 Å². The highest BCUT2D eigenvalue weighted by Gasteiger charge is 1.97. The largest absolute Gasteiger partial charge is 0.379 e. The minimum absolute atomic E-state index is 0.528. The molecule has 0 aromatic carbocycles. The fourth-order valence-electron chi connectivity index (χ4n) is 3.92. The molecule has 0 rings (SSSR count). The van der Waals surface area contributed by atoms with Crippen LogP contribution >= 0.6 is 0 Å². The molecule has 45 heavy (non-hydrogen) atoms. The van der Waals surface area contributed by atoms with Gasteiger partial charge in [0, 0.05) is 13.2 Å². The second-order valence-corrected chi connectivity index (χ2v) is 10.6. The molecular weight excluding hydrogens is 584 g/mol. The van der Waals surface area contributed by atoms with Crippen LogP contribution in [-0.4, -0.2) is 145 Å². The van der Waals surface area contributed by atoms with Crippen LogP contribution in [0, 0.1) is 0 Å². The molecule has 0 aromatic rings. The van der Waals surface area contributed by atoms with E-state index in [-0.39, 0.29) is 0 Å². The molecule has 272 valence electrons. The minimum Gasteiger partial charge on any atom is -0.379 e. The van der Waals surface area contributed by atoms with Crippen molar-refractivity contribution in [1.29, 1.82) is 0 Å². The van der Waals surface area contributed by atoms with Crippen molar-refractivity contribution in [1.82, 2.24) is 0 Å². The van der Waals surface area contributed by atoms with E-state index in [0.717, 1.165) is 26.1 Å². The van der Waals surface area contributed by atoms with E-state index < -0.39 is 0 Å². The monoisotopic (exact) mass is 654 g/mol. The molecule has 0 aliphatic heterocycles. The van der Waals surface area contributed by atoms with Crippen LogP contribution in [0.3, 0.4) is 0 Å². The molecule has 0 N–H and O–H groups in total. The van der Waals surface area contributed by atoms with Gasteiger partial charge in [-0.3, -0.25) is 0 Å². The van der Waals surface area contributed by atoms with Crippen LogP contribution in [0.2, 0.25) is 0 Å². The molecular formula is C34H70O11. The fourth-order valence-corrected chi connectivity index (χ4v) is 3.92. The molecule has 0 atom stereocenters. The van der Waals surface area contributed by atoms with E-state index in [4.69, 9.17) is 52.1 Å². The highest BCUT2D eigenvalue weighted by atomic mass is 16.6. The molecule has 0 saturated carbocycles. The maximum absolute atomic E-state index is 5.56. The lowest BCUT2D eigenvalue weighted by Gasteiger charge is -2.09. The third-order valence-electron chi connectivity index (χ3n) is 6.50. The van der Waals surface area contributed by atoms with Gasteiger partial charge in [0.15, 0.2) is 0 Å². The molecule has 0 saturated heterocycles. The van der Waals surface area contributed by atoms with Crippen LogP contribution in [0.15, 0.2) is 0 Å². The number of hydrogen-bond donors (Lipinski definition) is 0. The van der Waals surface area contributed by atoms with Gasteiger partial charge in [-0.05, 0) is 12.8 Å². The Morgan fingerprint density at radius 2 is 0.333 bits per heavy atom. The van der Waals surface area contributed by atoms with Crippen LogP contribution in [0.25, 0.3) is 0 Å². The van der Waals surface area contributed by atoms with Gasteiger partial charge in [0.25, 0.3) is 0 Å². The van der Waals surface area contributed by atoms with E-state index >= 15 is 0 Å². The van der Waals surface area contributed by atoms with Crippen LogP contribution in [0.1, 0.15) is 78.1 Å². The van der Waals surface area contributed by atoms with Gasteiger partial charge in [0.1, 0.15) is 0 Å². The molecule has 0 heterocycles. The van der Waals surface area contributed by atoms with Gasteiger partial charge in [0.2, 0.25) is 0 Å². The second kappa shape index (κ2) is 43.6. The third kappa shape index (κ3) is 43.6. The molecule has 0 spiro atoms. The molecule has 0 aromatic heterocycles. The summed E-state index contributed by atoms with van der Waals surface area (Å²) in [5.74, 6) is 0. The summed E-state index contributed by atoms with van der Waals surface area (Å²) in [6.45, 7) is 17.3. The van der Waals surface area contributed by atoms with E-state index in [1.165, 1.54) is 51.4 Å². The Hall–Kier alpha value is -0.440. The van der Waals surface area contributed by atoms with Crippen LogP contribution in [-0.2, 0) is 52.1 Å². The molecule has 0 unspecified atom stereocenters. The first-order chi connectivity index (χ1) is 22.4. The topological polar surface area (TPSA) is 102 Å². The summed E-state index contributed by atoms with van der Waals surface area (Å²) in [6.07, 6.45) is 12.6. The van der Waals surface area contributed by atoms with Crippen molar-refractivity contribution >= 4 is 0 Å². The van der Waals surface area contributed by atoms with Crippen molar-refractivity contribution in [2.24, 2.45) is 0 Å². The summed E-state index contributed by atoms with van der Waals surface area (Å²) < 4.78 is 60.6. The first-order valence-electron chi connectivity index (χ1n) is 17.8. The highest BCUT2D eigenvalue weighted by molar-refractivity contribution is 4.43. The average Bonchev–Trinajstić information content (AvgIpc) is 3.05. The summed E-state index contributed by atoms with van der Waals surface area (Å²) >= 11 is 0. The standard InChI is InChI=1S/C34H70O11/c1-3-5-7-9-11-13-35-15-17-37-19-21-39-23-25-41-27-29-43-31-33-45-34-32-44-30-28-42-26-24-40-22-20-38-18-16-36-14-12-10-8-6-4-2/h3-34H2,1-2H3. The third-order valence-corrected chi connectivity index (χ3v) is 6.50. The summed E-state index contributed by atoms with van der Waals surface area (Å²) in [5.41, 5.74) is 0. The smallest absolute Gasteiger partial charge is 0.0701 e. The lowest BCUT2D eigenvalue weighted by atomic mass is 10.2. The van der Waals surface area contributed by atoms with E-state index in [9.17, 15) is 0 Å². The quantitative estimate of drug-likeness (QED) is 0.0821. The van der Waals surface area contributed by atoms with Gasteiger partial charge in [-0.25, -0.2) is 0 Å². The van der Waals surface area contributed by atoms with Gasteiger partial charge in [-0.1, -0.05) is 65.2 Å². The van der Waals surface area contributed by atoms with Gasteiger partial charge in [-0.15, -0.1) is 0 Å². The molecule has 0 fully saturated rings. The summed E-state index contributed by atoms with van der Waals surface area (Å²) in [7, 11) is 0. The van der Waals surface area contributed by atoms with Gasteiger partial charge >= 0.3 is 0 Å². The molecule has 0 bridgehead atoms. The number of hydrogen-bond acceptors (Lipinski definition) is 11. The molecule has 0 aliphatic carbocycles. The van der Waals surface area contributed by atoms with Crippen molar-refractivity contribution in [3.63, 3.8) is 0 Å². The maximum Gasteiger partial charge on any atom is 0.0701 e. The summed E-state index contributed by atoms with van der Waals surface area (Å²) in [5, 5.41) is 0. The summed E-state index contributed by atoms with van der Waals surface area (Å²) in [4.78, 5) is 0. The lowest BCUT2D eigenvalue weighted by Crippen LogP contribution is -2.15. The van der Waals surface area contributed by atoms with Crippen molar-refractivity contribution < 1.29 is 52.1 Å². The molecule has 0 amide bonds. The Balaban J connectivity index is 3.03. The predicted molar refractivity (Wildman–Crippen MR) is 177 cm³/mol. The van der Waals surface area contributed by atoms with E-state index in [0.29, 0.717) is 132 Å². The Labute approximate surface area is 275 Å². The van der Waals surface area contributed by atoms with Crippen molar-refractivity contribution in [3.8, 4) is 0 Å². The SMILES string of the molecule is CCCCCCCOCCOCCOCCOCCOCCOCCOCCOCCOCCOCCOCCCCCCC. The molecule has 11 nitrogen and oxygen atoms in total. The van der Waals surface area contributed by atoms with E-state index in [1.807, 2.05) is 0 Å². The number of unbranched alkanes of at least 4 members (excludes halogenated alkanes) is 8. The lowest BCUT2D eigenvalue weighted by molar-refractivity contribution is -0.0275. The van der Waals surface area contributed by atoms with Gasteiger partial charge in [0.05, 0.1) is 132 Å². The molecule has 11 heteroatoms. The highest BCUT2D eigenvalue weighted by Crippen LogP contribution is 2.03. The predicted octanol–water partition coefficient (Wildman–Crippen LogP) is 5.11. The normalized spacial score (nSPS) is 11.6. The van der Waals surface area contributed by atoms with Crippen LogP contribution < -0.4 is 0 Å². The first kappa shape index (κ1) is 44.6. The first-order valence-corrected chi connectivity index (χ1v) is 17.8. The van der Waals surface area contributed by atoms with E-state index in [1.54, 1.807) is 0 Å². The average molecular weight is 655 g/mol. The number of ether oxygens (including phenoxy) is 11. The zero-order valence-electron chi connectivity index (χ0n) is 29.1. The van der Waals surface area contributed by atoms with Crippen LogP contribution in [0.4, 0.5) is 0 Å². The molecule has 0 aliphatic rings. The van der Waals surface area contributed by atoms with Gasteiger partial charge in [-0.2, -0.15) is 0 Å². The second-order valence-electron chi connectivity index (χ2n) is 10.6. The molecule has 0 radical (unpaired) electrons. The van der Waals surface area contributed by atoms with E-state index in [2.05, 4.69) is 13.8 Å². The maximum atomic E-state index is 5.56. The Morgan fingerprint density at radius 1 is 0.178 bits per heavy atom. The zero-order valence-corrected chi connectivity index (χ0v) is 29.1. The fraction of sp³-hybridized carbons (Fsp3) is 1.00. The Bertz CT molecular complexity index is 461. The number of rotatable bonds is 42. The van der Waals surface area contributed by atoms with Crippen molar-refractivity contribution in [2.75, 3.05) is 145 Å². The zero-order chi connectivity index (χ0) is 32.4. The summed E-state index contributed by atoms with van der Waals surface area (Å²) in [6, 6.07) is 0. The Morgan fingerprint density at radius 3 is 0.511 bits per heavy atom. The minimum atomic E-state index is 0.528. The van der Waals surface area contributed by atoms with Crippen molar-refractivity contribution in [2.45, 2.75) is 78.1 Å². The van der Waals surface area contributed by atoms with Crippen LogP contribution in [0.5, 0.6) is 0 Å². The van der Waals surface area contributed by atoms with Crippen molar-refractivity contribution in [3.05, 3.63) is 0 Å².